The predicted octanol–water partition coefficient (Wildman–Crippen LogP) is 3.49. The number of hydrogen-bond acceptors (Lipinski definition) is 8. The van der Waals surface area contributed by atoms with Gasteiger partial charge in [0.2, 0.25) is 0 Å². The molecule has 0 atom stereocenters. The van der Waals surface area contributed by atoms with E-state index in [1.807, 2.05) is 13.0 Å². The van der Waals surface area contributed by atoms with Crippen LogP contribution in [0, 0.1) is 11.3 Å². The molecule has 1 aliphatic rings. The first-order chi connectivity index (χ1) is 17.5. The van der Waals surface area contributed by atoms with Crippen molar-refractivity contribution in [3.63, 3.8) is 0 Å². The molecule has 0 saturated carbocycles. The molecule has 9 heteroatoms. The molecule has 0 radical (unpaired) electrons. The van der Waals surface area contributed by atoms with Crippen molar-refractivity contribution in [1.82, 2.24) is 4.90 Å². The quantitative estimate of drug-likeness (QED) is 0.227. The van der Waals surface area contributed by atoms with E-state index in [9.17, 15) is 14.9 Å². The van der Waals surface area contributed by atoms with E-state index in [0.717, 1.165) is 5.56 Å². The first kappa shape index (κ1) is 26.3. The molecule has 1 aliphatic heterocycles. The standard InChI is InChI=1S/C27H28N2O7/c1-4-35-22-8-5-19(16-24(22)32-2)7-10-26(30)36-23-9-6-20(17-25(23)33-3)15-21(18-28)27(31)29-11-13-34-14-12-29/h5-10,15-17H,4,11-14H2,1-3H3/b10-7+,21-15+. The number of rotatable bonds is 9. The molecule has 36 heavy (non-hydrogen) atoms. The van der Waals surface area contributed by atoms with Gasteiger partial charge < -0.3 is 28.6 Å². The fraction of sp³-hybridized carbons (Fsp3) is 0.296. The van der Waals surface area contributed by atoms with Crippen molar-refractivity contribution < 1.29 is 33.3 Å². The number of methoxy groups -OCH3 is 2. The maximum absolute atomic E-state index is 12.6. The number of amides is 1. The van der Waals surface area contributed by atoms with Gasteiger partial charge in [-0.15, -0.1) is 0 Å². The number of benzene rings is 2. The molecule has 1 fully saturated rings. The molecule has 0 aromatic heterocycles. The fourth-order valence-corrected chi connectivity index (χ4v) is 3.47. The zero-order valence-corrected chi connectivity index (χ0v) is 20.5. The molecule has 9 nitrogen and oxygen atoms in total. The SMILES string of the molecule is CCOc1ccc(/C=C/C(=O)Oc2ccc(/C=C(\C#N)C(=O)N3CCOCC3)cc2OC)cc1OC. The lowest BCUT2D eigenvalue weighted by molar-refractivity contribution is -0.130. The van der Waals surface area contributed by atoms with Crippen molar-refractivity contribution in [2.24, 2.45) is 0 Å². The highest BCUT2D eigenvalue weighted by Gasteiger charge is 2.21. The predicted molar refractivity (Wildman–Crippen MR) is 133 cm³/mol. The molecule has 1 saturated heterocycles. The Hall–Kier alpha value is -4.29. The minimum absolute atomic E-state index is 0.00239. The van der Waals surface area contributed by atoms with Gasteiger partial charge in [-0.2, -0.15) is 5.26 Å². The maximum atomic E-state index is 12.6. The minimum atomic E-state index is -0.607. The molecule has 0 unspecified atom stereocenters. The van der Waals surface area contributed by atoms with Gasteiger partial charge >= 0.3 is 5.97 Å². The Kier molecular flexibility index (Phi) is 9.48. The number of morpholine rings is 1. The monoisotopic (exact) mass is 492 g/mol. The summed E-state index contributed by atoms with van der Waals surface area (Å²) in [7, 11) is 2.98. The highest BCUT2D eigenvalue weighted by molar-refractivity contribution is 6.01. The third-order valence-corrected chi connectivity index (χ3v) is 5.26. The fourth-order valence-electron chi connectivity index (χ4n) is 3.47. The number of esters is 1. The van der Waals surface area contributed by atoms with Crippen molar-refractivity contribution in [1.29, 1.82) is 5.26 Å². The van der Waals surface area contributed by atoms with E-state index in [-0.39, 0.29) is 23.0 Å². The molecule has 2 aromatic rings. The molecule has 188 valence electrons. The summed E-state index contributed by atoms with van der Waals surface area (Å²) in [6, 6.07) is 12.0. The first-order valence-electron chi connectivity index (χ1n) is 11.4. The summed E-state index contributed by atoms with van der Waals surface area (Å²) in [6.07, 6.45) is 4.36. The van der Waals surface area contributed by atoms with Crippen LogP contribution in [0.3, 0.4) is 0 Å². The van der Waals surface area contributed by atoms with E-state index < -0.39 is 5.97 Å². The van der Waals surface area contributed by atoms with Crippen molar-refractivity contribution in [2.45, 2.75) is 6.92 Å². The summed E-state index contributed by atoms with van der Waals surface area (Å²) in [4.78, 5) is 26.6. The Morgan fingerprint density at radius 2 is 1.64 bits per heavy atom. The number of carbonyl (C=O) groups is 2. The van der Waals surface area contributed by atoms with Gasteiger partial charge in [-0.05, 0) is 54.5 Å². The van der Waals surface area contributed by atoms with Crippen LogP contribution in [0.5, 0.6) is 23.0 Å². The highest BCUT2D eigenvalue weighted by atomic mass is 16.6. The number of ether oxygens (including phenoxy) is 5. The number of nitriles is 1. The van der Waals surface area contributed by atoms with Crippen molar-refractivity contribution >= 4 is 24.0 Å². The molecule has 0 spiro atoms. The second-order valence-electron chi connectivity index (χ2n) is 7.58. The summed E-state index contributed by atoms with van der Waals surface area (Å²) in [5.74, 6) is 0.693. The molecule has 0 N–H and O–H groups in total. The van der Waals surface area contributed by atoms with Gasteiger partial charge in [0.25, 0.3) is 5.91 Å². The van der Waals surface area contributed by atoms with Crippen molar-refractivity contribution in [2.75, 3.05) is 47.1 Å². The van der Waals surface area contributed by atoms with Crippen molar-refractivity contribution in [3.8, 4) is 29.1 Å². The van der Waals surface area contributed by atoms with Crippen LogP contribution in [0.25, 0.3) is 12.2 Å². The molecular weight excluding hydrogens is 464 g/mol. The number of nitrogens with zero attached hydrogens (tertiary/aromatic N) is 2. The van der Waals surface area contributed by atoms with Gasteiger partial charge in [0.05, 0.1) is 34.0 Å². The Labute approximate surface area is 210 Å². The Balaban J connectivity index is 1.71. The van der Waals surface area contributed by atoms with E-state index in [1.54, 1.807) is 54.5 Å². The van der Waals surface area contributed by atoms with Gasteiger partial charge in [0.15, 0.2) is 23.0 Å². The molecule has 1 heterocycles. The van der Waals surface area contributed by atoms with Gasteiger partial charge in [0.1, 0.15) is 11.6 Å². The van der Waals surface area contributed by atoms with Crippen LogP contribution < -0.4 is 18.9 Å². The summed E-state index contributed by atoms with van der Waals surface area (Å²) in [5, 5.41) is 9.50. The smallest absolute Gasteiger partial charge is 0.336 e. The van der Waals surface area contributed by atoms with Gasteiger partial charge in [-0.1, -0.05) is 12.1 Å². The second kappa shape index (κ2) is 13.0. The molecule has 1 amide bonds. The van der Waals surface area contributed by atoms with Crippen LogP contribution in [-0.4, -0.2) is 63.9 Å². The van der Waals surface area contributed by atoms with Crippen LogP contribution in [0.1, 0.15) is 18.1 Å². The van der Waals surface area contributed by atoms with E-state index >= 15 is 0 Å². The summed E-state index contributed by atoms with van der Waals surface area (Å²) in [5.41, 5.74) is 1.29. The molecule has 3 rings (SSSR count). The number of hydrogen-bond donors (Lipinski definition) is 0. The van der Waals surface area contributed by atoms with Crippen LogP contribution in [0.4, 0.5) is 0 Å². The zero-order valence-electron chi connectivity index (χ0n) is 20.5. The Morgan fingerprint density at radius 1 is 1.00 bits per heavy atom. The van der Waals surface area contributed by atoms with Crippen LogP contribution in [0.2, 0.25) is 0 Å². The van der Waals surface area contributed by atoms with Crippen molar-refractivity contribution in [3.05, 3.63) is 59.2 Å². The third-order valence-electron chi connectivity index (χ3n) is 5.26. The Bertz CT molecular complexity index is 1190. The molecule has 0 aliphatic carbocycles. The molecule has 2 aromatic carbocycles. The third kappa shape index (κ3) is 6.87. The zero-order chi connectivity index (χ0) is 25.9. The first-order valence-corrected chi connectivity index (χ1v) is 11.4. The summed E-state index contributed by atoms with van der Waals surface area (Å²) < 4.78 is 26.8. The molecule has 0 bridgehead atoms. The topological polar surface area (TPSA) is 107 Å². The van der Waals surface area contributed by atoms with E-state index in [2.05, 4.69) is 0 Å². The average molecular weight is 493 g/mol. The second-order valence-corrected chi connectivity index (χ2v) is 7.58. The van der Waals surface area contributed by atoms with Gasteiger partial charge in [-0.3, -0.25) is 4.79 Å². The Morgan fingerprint density at radius 3 is 2.31 bits per heavy atom. The van der Waals surface area contributed by atoms with Gasteiger partial charge in [0, 0.05) is 19.2 Å². The largest absolute Gasteiger partial charge is 0.493 e. The highest BCUT2D eigenvalue weighted by Crippen LogP contribution is 2.30. The lowest BCUT2D eigenvalue weighted by Crippen LogP contribution is -2.41. The van der Waals surface area contributed by atoms with Gasteiger partial charge in [-0.25, -0.2) is 4.79 Å². The van der Waals surface area contributed by atoms with Crippen LogP contribution in [-0.2, 0) is 14.3 Å². The molecular formula is C27H28N2O7. The van der Waals surface area contributed by atoms with Crippen LogP contribution in [0.15, 0.2) is 48.0 Å². The minimum Gasteiger partial charge on any atom is -0.493 e. The summed E-state index contributed by atoms with van der Waals surface area (Å²) >= 11 is 0. The van der Waals surface area contributed by atoms with E-state index in [1.165, 1.54) is 19.3 Å². The average Bonchev–Trinajstić information content (AvgIpc) is 2.92. The normalized spacial score (nSPS) is 13.7. The number of carbonyl (C=O) groups excluding carboxylic acids is 2. The lowest BCUT2D eigenvalue weighted by Gasteiger charge is -2.26. The lowest BCUT2D eigenvalue weighted by atomic mass is 10.1. The van der Waals surface area contributed by atoms with E-state index in [4.69, 9.17) is 23.7 Å². The summed E-state index contributed by atoms with van der Waals surface area (Å²) in [6.45, 7) is 4.15. The maximum Gasteiger partial charge on any atom is 0.336 e. The van der Waals surface area contributed by atoms with E-state index in [0.29, 0.717) is 50.0 Å². The van der Waals surface area contributed by atoms with Crippen LogP contribution >= 0.6 is 0 Å².